The molecule has 0 bridgehead atoms. The Morgan fingerprint density at radius 1 is 1.24 bits per heavy atom. The van der Waals surface area contributed by atoms with Crippen LogP contribution in [0.4, 0.5) is 10.2 Å². The van der Waals surface area contributed by atoms with Crippen LogP contribution in [0.2, 0.25) is 0 Å². The summed E-state index contributed by atoms with van der Waals surface area (Å²) in [5, 5.41) is 6.54. The average molecular weight is 502 g/mol. The van der Waals surface area contributed by atoms with Crippen LogP contribution in [0.25, 0.3) is 22.0 Å². The van der Waals surface area contributed by atoms with E-state index in [1.54, 1.807) is 0 Å². The summed E-state index contributed by atoms with van der Waals surface area (Å²) < 4.78 is 22.2. The van der Waals surface area contributed by atoms with E-state index in [1.807, 2.05) is 24.3 Å². The van der Waals surface area contributed by atoms with Crippen LogP contribution in [0, 0.1) is 11.7 Å². The number of aromatic nitrogens is 2. The maximum Gasteiger partial charge on any atom is 0.319 e. The third-order valence-electron chi connectivity index (χ3n) is 8.03. The second kappa shape index (κ2) is 9.74. The number of benzene rings is 2. The van der Waals surface area contributed by atoms with Gasteiger partial charge in [-0.1, -0.05) is 30.8 Å². The number of fused-ring (bicyclic) bond motifs is 4. The highest BCUT2D eigenvalue weighted by Crippen LogP contribution is 2.58. The third-order valence-corrected chi connectivity index (χ3v) is 8.03. The summed E-state index contributed by atoms with van der Waals surface area (Å²) in [6.45, 7) is 5.74. The molecule has 2 aromatic carbocycles. The molecule has 0 radical (unpaired) electrons. The number of ether oxygens (including phenoxy) is 1. The maximum atomic E-state index is 16.2. The number of carbonyl (C=O) groups is 1. The van der Waals surface area contributed by atoms with Crippen molar-refractivity contribution in [1.29, 1.82) is 0 Å². The zero-order chi connectivity index (χ0) is 25.5. The molecule has 7 nitrogen and oxygen atoms in total. The first kappa shape index (κ1) is 23.9. The van der Waals surface area contributed by atoms with Crippen molar-refractivity contribution in [3.8, 4) is 17.1 Å². The average Bonchev–Trinajstić information content (AvgIpc) is 3.38. The minimum Gasteiger partial charge on any atom is -0.462 e. The Kier molecular flexibility index (Phi) is 6.28. The summed E-state index contributed by atoms with van der Waals surface area (Å²) in [5.41, 5.74) is 4.42. The van der Waals surface area contributed by atoms with E-state index in [0.29, 0.717) is 54.3 Å². The predicted molar refractivity (Wildman–Crippen MR) is 142 cm³/mol. The fraction of sp³-hybridized carbons (Fsp3) is 0.414. The van der Waals surface area contributed by atoms with Gasteiger partial charge in [0.15, 0.2) is 5.82 Å². The monoisotopic (exact) mass is 501 g/mol. The minimum absolute atomic E-state index is 0.155. The maximum absolute atomic E-state index is 16.2. The zero-order valence-electron chi connectivity index (χ0n) is 21.1. The highest BCUT2D eigenvalue weighted by molar-refractivity contribution is 5.93. The Balaban J connectivity index is 1.35. The molecule has 1 aromatic heterocycles. The van der Waals surface area contributed by atoms with Gasteiger partial charge in [0.2, 0.25) is 5.91 Å². The number of likely N-dealkylation sites (tertiary alicyclic amines) is 1. The highest BCUT2D eigenvalue weighted by Gasteiger charge is 2.46. The Bertz CT molecular complexity index is 1380. The minimum atomic E-state index is -0.358. The summed E-state index contributed by atoms with van der Waals surface area (Å²) in [5.74, 6) is 1.15. The number of nitrogens with zero attached hydrogens (tertiary/aromatic N) is 3. The van der Waals surface area contributed by atoms with Crippen molar-refractivity contribution in [3.63, 3.8) is 0 Å². The summed E-state index contributed by atoms with van der Waals surface area (Å²) in [6.07, 6.45) is 5.71. The van der Waals surface area contributed by atoms with E-state index in [4.69, 9.17) is 4.74 Å². The van der Waals surface area contributed by atoms with Gasteiger partial charge in [0.05, 0.1) is 0 Å². The van der Waals surface area contributed by atoms with Crippen LogP contribution in [0.3, 0.4) is 0 Å². The van der Waals surface area contributed by atoms with Gasteiger partial charge in [-0.05, 0) is 79.9 Å². The molecule has 0 spiro atoms. The molecular formula is C29H32FN5O2. The zero-order valence-corrected chi connectivity index (χ0v) is 21.1. The van der Waals surface area contributed by atoms with Crippen molar-refractivity contribution >= 4 is 22.6 Å². The molecule has 3 aromatic rings. The van der Waals surface area contributed by atoms with Gasteiger partial charge in [-0.25, -0.2) is 4.39 Å². The van der Waals surface area contributed by atoms with Gasteiger partial charge < -0.3 is 20.3 Å². The SMILES string of the molecule is C=CC(=O)NCCNc1nc(OC[C@@H]2CCCN2C)nc2c(F)c(-c3cccc4c3[C@H]3C[C@H]3C4)ccc12. The van der Waals surface area contributed by atoms with Crippen LogP contribution < -0.4 is 15.4 Å². The van der Waals surface area contributed by atoms with E-state index in [9.17, 15) is 4.79 Å². The molecule has 1 saturated carbocycles. The number of hydrogen-bond acceptors (Lipinski definition) is 6. The lowest BCUT2D eigenvalue weighted by atomic mass is 9.93. The quantitative estimate of drug-likeness (QED) is 0.337. The van der Waals surface area contributed by atoms with E-state index in [-0.39, 0.29) is 23.3 Å². The van der Waals surface area contributed by atoms with E-state index in [0.717, 1.165) is 31.4 Å². The number of amides is 1. The fourth-order valence-corrected chi connectivity index (χ4v) is 5.92. The molecule has 2 heterocycles. The van der Waals surface area contributed by atoms with Crippen LogP contribution in [0.1, 0.15) is 36.3 Å². The topological polar surface area (TPSA) is 79.4 Å². The molecule has 2 N–H and O–H groups in total. The van der Waals surface area contributed by atoms with E-state index in [1.165, 1.54) is 23.6 Å². The van der Waals surface area contributed by atoms with Crippen LogP contribution in [0.5, 0.6) is 6.01 Å². The number of hydrogen-bond donors (Lipinski definition) is 2. The van der Waals surface area contributed by atoms with Gasteiger partial charge in [-0.15, -0.1) is 0 Å². The number of carbonyl (C=O) groups excluding carboxylic acids is 1. The van der Waals surface area contributed by atoms with Gasteiger partial charge in [0.1, 0.15) is 17.9 Å². The molecule has 1 saturated heterocycles. The van der Waals surface area contributed by atoms with E-state index < -0.39 is 0 Å². The van der Waals surface area contributed by atoms with Gasteiger partial charge in [0.25, 0.3) is 0 Å². The van der Waals surface area contributed by atoms with Crippen molar-refractivity contribution in [2.24, 2.45) is 5.92 Å². The summed E-state index contributed by atoms with van der Waals surface area (Å²) in [6, 6.07) is 10.4. The number of likely N-dealkylation sites (N-methyl/N-ethyl adjacent to an activating group) is 1. The first-order valence-corrected chi connectivity index (χ1v) is 13.1. The van der Waals surface area contributed by atoms with Crippen molar-refractivity contribution in [2.75, 3.05) is 38.6 Å². The number of halogens is 1. The van der Waals surface area contributed by atoms with Gasteiger partial charge in [-0.2, -0.15) is 9.97 Å². The molecule has 192 valence electrons. The number of anilines is 1. The van der Waals surface area contributed by atoms with Crippen molar-refractivity contribution in [3.05, 3.63) is 59.9 Å². The Hall–Kier alpha value is -3.52. The second-order valence-corrected chi connectivity index (χ2v) is 10.4. The van der Waals surface area contributed by atoms with Gasteiger partial charge in [0, 0.05) is 30.1 Å². The van der Waals surface area contributed by atoms with Gasteiger partial charge >= 0.3 is 6.01 Å². The molecule has 2 fully saturated rings. The van der Waals surface area contributed by atoms with Crippen LogP contribution in [-0.4, -0.2) is 60.1 Å². The summed E-state index contributed by atoms with van der Waals surface area (Å²) in [4.78, 5) is 22.9. The van der Waals surface area contributed by atoms with Crippen molar-refractivity contribution < 1.29 is 13.9 Å². The first-order valence-electron chi connectivity index (χ1n) is 13.1. The molecule has 37 heavy (non-hydrogen) atoms. The second-order valence-electron chi connectivity index (χ2n) is 10.4. The molecule has 8 heteroatoms. The Morgan fingerprint density at radius 2 is 2.14 bits per heavy atom. The lowest BCUT2D eigenvalue weighted by Gasteiger charge is -2.19. The van der Waals surface area contributed by atoms with Gasteiger partial charge in [-0.3, -0.25) is 4.79 Å². The van der Waals surface area contributed by atoms with Crippen molar-refractivity contribution in [1.82, 2.24) is 20.2 Å². The Labute approximate surface area is 216 Å². The van der Waals surface area contributed by atoms with E-state index >= 15 is 4.39 Å². The predicted octanol–water partition coefficient (Wildman–Crippen LogP) is 4.28. The lowest BCUT2D eigenvalue weighted by molar-refractivity contribution is -0.116. The smallest absolute Gasteiger partial charge is 0.319 e. The van der Waals surface area contributed by atoms with Crippen LogP contribution >= 0.6 is 0 Å². The molecule has 3 aliphatic rings. The van der Waals surface area contributed by atoms with Crippen LogP contribution in [0.15, 0.2) is 43.0 Å². The summed E-state index contributed by atoms with van der Waals surface area (Å²) in [7, 11) is 2.08. The Morgan fingerprint density at radius 3 is 2.95 bits per heavy atom. The van der Waals surface area contributed by atoms with E-state index in [2.05, 4.69) is 45.2 Å². The van der Waals surface area contributed by atoms with Crippen molar-refractivity contribution in [2.45, 2.75) is 37.6 Å². The largest absolute Gasteiger partial charge is 0.462 e. The highest BCUT2D eigenvalue weighted by atomic mass is 19.1. The first-order chi connectivity index (χ1) is 18.0. The molecule has 2 aliphatic carbocycles. The molecular weight excluding hydrogens is 469 g/mol. The number of nitrogens with one attached hydrogen (secondary N) is 2. The molecule has 6 rings (SSSR count). The normalized spacial score (nSPS) is 21.9. The number of rotatable bonds is 9. The molecule has 1 amide bonds. The molecule has 1 aliphatic heterocycles. The standard InChI is InChI=1S/C29H32FN5O2/c1-3-24(36)31-11-12-32-28-22-10-9-21(20-8-4-6-17-14-18-15-23(18)25(17)20)26(30)27(22)33-29(34-28)37-16-19-7-5-13-35(19)2/h3-4,6,8-10,18-19,23H,1,5,7,11-16H2,2H3,(H,31,36)(H,32,33,34)/t18-,19+,23+/m1/s1. The molecule has 3 atom stereocenters. The lowest BCUT2D eigenvalue weighted by Crippen LogP contribution is -2.31. The summed E-state index contributed by atoms with van der Waals surface area (Å²) >= 11 is 0. The molecule has 0 unspecified atom stereocenters. The fourth-order valence-electron chi connectivity index (χ4n) is 5.92. The van der Waals surface area contributed by atoms with Crippen LogP contribution in [-0.2, 0) is 11.2 Å². The third kappa shape index (κ3) is 4.55.